The van der Waals surface area contributed by atoms with Crippen molar-refractivity contribution in [1.82, 2.24) is 0 Å². The summed E-state index contributed by atoms with van der Waals surface area (Å²) < 4.78 is 41.9. The van der Waals surface area contributed by atoms with Crippen LogP contribution in [0.25, 0.3) is 0 Å². The molecule has 0 bridgehead atoms. The first-order valence-electron chi connectivity index (χ1n) is 4.22. The van der Waals surface area contributed by atoms with Crippen LogP contribution < -0.4 is 5.32 Å². The summed E-state index contributed by atoms with van der Waals surface area (Å²) in [7, 11) is 0. The zero-order valence-corrected chi connectivity index (χ0v) is 8.39. The maximum absolute atomic E-state index is 12.6. The number of fused-ring (bicyclic) bond motifs is 1. The molecule has 0 unspecified atom stereocenters. The van der Waals surface area contributed by atoms with Crippen molar-refractivity contribution < 1.29 is 22.7 Å². The summed E-state index contributed by atoms with van der Waals surface area (Å²) in [5.41, 5.74) is -0.137. The second-order valence-electron chi connectivity index (χ2n) is 3.18. The zero-order chi connectivity index (χ0) is 11.9. The van der Waals surface area contributed by atoms with Crippen LogP contribution >= 0.6 is 11.6 Å². The highest BCUT2D eigenvalue weighted by Gasteiger charge is 2.47. The molecule has 0 saturated carbocycles. The maximum atomic E-state index is 12.6. The Kier molecular flexibility index (Phi) is 2.46. The molecule has 0 fully saturated rings. The standard InChI is InChI=1S/C9H5ClF3NO2/c10-4-1-2-6-5(3-4)7(9(11,12)13)16-8(15)14-6/h1-3,7H,(H,14,15)/t7-/m0/s1. The second kappa shape index (κ2) is 3.55. The van der Waals surface area contributed by atoms with Crippen molar-refractivity contribution in [3.63, 3.8) is 0 Å². The van der Waals surface area contributed by atoms with E-state index >= 15 is 0 Å². The Morgan fingerprint density at radius 1 is 1.38 bits per heavy atom. The van der Waals surface area contributed by atoms with Gasteiger partial charge >= 0.3 is 12.3 Å². The number of anilines is 1. The van der Waals surface area contributed by atoms with Crippen molar-refractivity contribution in [2.75, 3.05) is 5.32 Å². The van der Waals surface area contributed by atoms with Crippen LogP contribution in [0, 0.1) is 0 Å². The van der Waals surface area contributed by atoms with Gasteiger partial charge in [-0.3, -0.25) is 5.32 Å². The fourth-order valence-corrected chi connectivity index (χ4v) is 1.60. The SMILES string of the molecule is O=C1Nc2ccc(Cl)cc2[C@@H](C(F)(F)F)O1. The van der Waals surface area contributed by atoms with Gasteiger partial charge < -0.3 is 4.74 Å². The molecule has 1 atom stereocenters. The molecule has 0 radical (unpaired) electrons. The zero-order valence-electron chi connectivity index (χ0n) is 7.64. The smallest absolute Gasteiger partial charge is 0.430 e. The van der Waals surface area contributed by atoms with Gasteiger partial charge in [0.05, 0.1) is 5.69 Å². The summed E-state index contributed by atoms with van der Waals surface area (Å²) in [6.45, 7) is 0. The molecule has 0 aromatic heterocycles. The summed E-state index contributed by atoms with van der Waals surface area (Å²) in [6.07, 6.45) is -8.05. The highest BCUT2D eigenvalue weighted by molar-refractivity contribution is 6.30. The Morgan fingerprint density at radius 3 is 2.69 bits per heavy atom. The molecule has 86 valence electrons. The molecule has 1 aliphatic rings. The van der Waals surface area contributed by atoms with E-state index in [-0.39, 0.29) is 16.3 Å². The number of carbonyl (C=O) groups excluding carboxylic acids is 1. The monoisotopic (exact) mass is 251 g/mol. The van der Waals surface area contributed by atoms with Gasteiger partial charge in [-0.25, -0.2) is 4.79 Å². The van der Waals surface area contributed by atoms with E-state index in [0.29, 0.717) is 0 Å². The van der Waals surface area contributed by atoms with Crippen LogP contribution in [0.4, 0.5) is 23.7 Å². The van der Waals surface area contributed by atoms with E-state index < -0.39 is 18.4 Å². The van der Waals surface area contributed by atoms with Crippen LogP contribution in [-0.4, -0.2) is 12.3 Å². The van der Waals surface area contributed by atoms with Gasteiger partial charge in [-0.15, -0.1) is 0 Å². The van der Waals surface area contributed by atoms with E-state index in [2.05, 4.69) is 10.1 Å². The topological polar surface area (TPSA) is 38.3 Å². The molecule has 3 nitrogen and oxygen atoms in total. The first kappa shape index (κ1) is 11.1. The Balaban J connectivity index is 2.52. The number of hydrogen-bond acceptors (Lipinski definition) is 2. The molecule has 1 amide bonds. The van der Waals surface area contributed by atoms with Crippen molar-refractivity contribution in [2.24, 2.45) is 0 Å². The van der Waals surface area contributed by atoms with Gasteiger partial charge in [-0.05, 0) is 18.2 Å². The molecule has 1 N–H and O–H groups in total. The van der Waals surface area contributed by atoms with Crippen molar-refractivity contribution in [3.05, 3.63) is 28.8 Å². The van der Waals surface area contributed by atoms with E-state index in [0.717, 1.165) is 6.07 Å². The minimum absolute atomic E-state index is 0.0583. The number of benzene rings is 1. The van der Waals surface area contributed by atoms with Gasteiger partial charge in [0, 0.05) is 10.6 Å². The summed E-state index contributed by atoms with van der Waals surface area (Å²) in [4.78, 5) is 10.9. The first-order valence-corrected chi connectivity index (χ1v) is 4.59. The van der Waals surface area contributed by atoms with Gasteiger partial charge in [0.2, 0.25) is 6.10 Å². The van der Waals surface area contributed by atoms with Gasteiger partial charge in [-0.2, -0.15) is 13.2 Å². The van der Waals surface area contributed by atoms with Crippen molar-refractivity contribution in [1.29, 1.82) is 0 Å². The summed E-state index contributed by atoms with van der Waals surface area (Å²) in [6, 6.07) is 3.81. The van der Waals surface area contributed by atoms with E-state index in [1.165, 1.54) is 12.1 Å². The Hall–Kier alpha value is -1.43. The normalized spacial score (nSPS) is 19.8. The third kappa shape index (κ3) is 1.92. The molecular formula is C9H5ClF3NO2. The molecule has 7 heteroatoms. The lowest BCUT2D eigenvalue weighted by atomic mass is 10.1. The lowest BCUT2D eigenvalue weighted by molar-refractivity contribution is -0.206. The molecule has 0 spiro atoms. The number of carbonyl (C=O) groups is 1. The minimum Gasteiger partial charge on any atom is -0.431 e. The summed E-state index contributed by atoms with van der Waals surface area (Å²) >= 11 is 5.59. The molecule has 16 heavy (non-hydrogen) atoms. The fourth-order valence-electron chi connectivity index (χ4n) is 1.42. The van der Waals surface area contributed by atoms with Crippen LogP contribution in [-0.2, 0) is 4.74 Å². The Labute approximate surface area is 93.1 Å². The predicted molar refractivity (Wildman–Crippen MR) is 50.4 cm³/mol. The van der Waals surface area contributed by atoms with Crippen LogP contribution in [0.15, 0.2) is 18.2 Å². The van der Waals surface area contributed by atoms with Crippen molar-refractivity contribution in [3.8, 4) is 0 Å². The maximum Gasteiger partial charge on any atom is 0.430 e. The molecule has 1 aliphatic heterocycles. The van der Waals surface area contributed by atoms with Crippen molar-refractivity contribution in [2.45, 2.75) is 12.3 Å². The van der Waals surface area contributed by atoms with E-state index in [1.807, 2.05) is 0 Å². The van der Waals surface area contributed by atoms with Gasteiger partial charge in [0.15, 0.2) is 0 Å². The van der Waals surface area contributed by atoms with E-state index in [1.54, 1.807) is 0 Å². The molecule has 2 rings (SSSR count). The number of alkyl halides is 3. The van der Waals surface area contributed by atoms with Crippen LogP contribution in [0.5, 0.6) is 0 Å². The largest absolute Gasteiger partial charge is 0.431 e. The second-order valence-corrected chi connectivity index (χ2v) is 3.62. The van der Waals surface area contributed by atoms with Crippen LogP contribution in [0.2, 0.25) is 5.02 Å². The van der Waals surface area contributed by atoms with E-state index in [4.69, 9.17) is 11.6 Å². The molecule has 1 heterocycles. The van der Waals surface area contributed by atoms with Gasteiger partial charge in [0.25, 0.3) is 0 Å². The number of nitrogens with one attached hydrogen (secondary N) is 1. The molecule has 1 aromatic carbocycles. The number of ether oxygens (including phenoxy) is 1. The Morgan fingerprint density at radius 2 is 2.06 bits per heavy atom. The van der Waals surface area contributed by atoms with Crippen LogP contribution in [0.3, 0.4) is 0 Å². The highest BCUT2D eigenvalue weighted by atomic mass is 35.5. The quantitative estimate of drug-likeness (QED) is 0.766. The van der Waals surface area contributed by atoms with Crippen molar-refractivity contribution >= 4 is 23.4 Å². The Bertz CT molecular complexity index is 447. The molecule has 0 saturated heterocycles. The van der Waals surface area contributed by atoms with E-state index in [9.17, 15) is 18.0 Å². The number of rotatable bonds is 0. The molecular weight excluding hydrogens is 247 g/mol. The summed E-state index contributed by atoms with van der Waals surface area (Å²) in [5.74, 6) is 0. The lowest BCUT2D eigenvalue weighted by Crippen LogP contribution is -2.33. The predicted octanol–water partition coefficient (Wildman–Crippen LogP) is 3.51. The number of amides is 1. The van der Waals surface area contributed by atoms with Gasteiger partial charge in [-0.1, -0.05) is 11.6 Å². The molecule has 0 aliphatic carbocycles. The van der Waals surface area contributed by atoms with Crippen LogP contribution in [0.1, 0.15) is 11.7 Å². The average molecular weight is 252 g/mol. The number of hydrogen-bond donors (Lipinski definition) is 1. The lowest BCUT2D eigenvalue weighted by Gasteiger charge is -2.27. The third-order valence-electron chi connectivity index (χ3n) is 2.05. The minimum atomic E-state index is -4.66. The highest BCUT2D eigenvalue weighted by Crippen LogP contribution is 2.42. The number of halogens is 4. The first-order chi connectivity index (χ1) is 7.38. The number of cyclic esters (lactones) is 1. The molecule has 1 aromatic rings. The average Bonchev–Trinajstić information content (AvgIpc) is 2.16. The van der Waals surface area contributed by atoms with Gasteiger partial charge in [0.1, 0.15) is 0 Å². The summed E-state index contributed by atoms with van der Waals surface area (Å²) in [5, 5.41) is 2.32. The third-order valence-corrected chi connectivity index (χ3v) is 2.29. The fraction of sp³-hybridized carbons (Fsp3) is 0.222.